The molecule has 5 N–H and O–H groups in total. The van der Waals surface area contributed by atoms with Gasteiger partial charge in [-0.15, -0.1) is 0 Å². The Balaban J connectivity index is 0. The largest absolute Gasteiger partial charge is 0.480 e. The summed E-state index contributed by atoms with van der Waals surface area (Å²) in [6.45, 7) is 1.19. The predicted molar refractivity (Wildman–Crippen MR) is 80.8 cm³/mol. The van der Waals surface area contributed by atoms with Crippen molar-refractivity contribution < 1.29 is 44.7 Å². The molecule has 0 atom stereocenters. The van der Waals surface area contributed by atoms with Gasteiger partial charge in [0.1, 0.15) is 0 Å². The lowest BCUT2D eigenvalue weighted by Crippen LogP contribution is -2.43. The molecule has 0 aromatic rings. The first-order chi connectivity index (χ1) is 10.9. The molecule has 0 bridgehead atoms. The first-order valence-corrected chi connectivity index (χ1v) is 6.94. The van der Waals surface area contributed by atoms with Crippen LogP contribution in [0, 0.1) is 0 Å². The Morgan fingerprint density at radius 2 is 0.833 bits per heavy atom. The van der Waals surface area contributed by atoms with Crippen LogP contribution in [0.4, 0.5) is 0 Å². The maximum Gasteiger partial charge on any atom is 0.317 e. The van der Waals surface area contributed by atoms with E-state index in [1.54, 1.807) is 13.8 Å². The van der Waals surface area contributed by atoms with E-state index in [0.717, 1.165) is 9.80 Å². The molecule has 0 aliphatic carbocycles. The van der Waals surface area contributed by atoms with Crippen LogP contribution < -0.4 is 0 Å². The lowest BCUT2D eigenvalue weighted by atomic mass is 10.4. The summed E-state index contributed by atoms with van der Waals surface area (Å²) in [5.74, 6) is -4.91. The molecule has 0 unspecified atom stereocenters. The third kappa shape index (κ3) is 19.8. The Labute approximate surface area is 138 Å². The summed E-state index contributed by atoms with van der Waals surface area (Å²) in [4.78, 5) is 44.4. The minimum Gasteiger partial charge on any atom is -0.480 e. The van der Waals surface area contributed by atoms with Crippen LogP contribution in [0.15, 0.2) is 0 Å². The Bertz CT molecular complexity index is 355. The second-order valence-electron chi connectivity index (χ2n) is 5.09. The second kappa shape index (κ2) is 13.2. The number of carboxylic acids is 4. The van der Waals surface area contributed by atoms with Crippen LogP contribution in [0.1, 0.15) is 13.8 Å². The molecule has 24 heavy (non-hydrogen) atoms. The van der Waals surface area contributed by atoms with Gasteiger partial charge in [-0.1, -0.05) is 0 Å². The van der Waals surface area contributed by atoms with E-state index in [1.807, 2.05) is 0 Å². The number of carboxylic acid groups (broad SMARTS) is 4. The summed E-state index contributed by atoms with van der Waals surface area (Å²) in [5, 5.41) is 42.5. The van der Waals surface area contributed by atoms with E-state index in [0.29, 0.717) is 0 Å². The van der Waals surface area contributed by atoms with Crippen LogP contribution in [-0.4, -0.2) is 105 Å². The minimum absolute atomic E-state index is 0.0703. The van der Waals surface area contributed by atoms with Crippen LogP contribution in [0.25, 0.3) is 0 Å². The van der Waals surface area contributed by atoms with E-state index < -0.39 is 50.1 Å². The smallest absolute Gasteiger partial charge is 0.317 e. The van der Waals surface area contributed by atoms with Crippen molar-refractivity contribution in [2.45, 2.75) is 20.0 Å². The van der Waals surface area contributed by atoms with Gasteiger partial charge in [0.25, 0.3) is 0 Å². The fourth-order valence-corrected chi connectivity index (χ4v) is 1.48. The van der Waals surface area contributed by atoms with Crippen molar-refractivity contribution in [1.29, 1.82) is 0 Å². The monoisotopic (exact) mass is 352 g/mol. The highest BCUT2D eigenvalue weighted by atomic mass is 16.4. The van der Waals surface area contributed by atoms with E-state index in [9.17, 15) is 19.2 Å². The molecule has 0 aliphatic heterocycles. The topological polar surface area (TPSA) is 176 Å². The van der Waals surface area contributed by atoms with E-state index in [2.05, 4.69) is 0 Å². The Morgan fingerprint density at radius 3 is 0.958 bits per heavy atom. The van der Waals surface area contributed by atoms with E-state index in [1.165, 1.54) is 0 Å². The van der Waals surface area contributed by atoms with Crippen LogP contribution in [-0.2, 0) is 19.2 Å². The fraction of sp³-hybridized carbons (Fsp3) is 0.692. The zero-order chi connectivity index (χ0) is 19.3. The molecule has 0 rings (SSSR count). The summed E-state index contributed by atoms with van der Waals surface area (Å²) >= 11 is 0. The van der Waals surface area contributed by atoms with E-state index >= 15 is 0 Å². The standard InChI is InChI=1S/C10H16N2O8.C3H8O/c13-7(14)3-11(4-8(15)16)1-2-12(5-9(17)18)6-10(19)20;1-3(2)4/h1-6H2,(H,13,14)(H,15,16)(H,17,18)(H,19,20);3-4H,1-2H3. The molecule has 0 saturated heterocycles. The SMILES string of the molecule is CC(C)O.O=C(O)CN(CCN(CC(=O)O)CC(=O)O)CC(=O)O. The highest BCUT2D eigenvalue weighted by Gasteiger charge is 2.17. The molecule has 0 aromatic heterocycles. The van der Waals surface area contributed by atoms with Gasteiger partial charge in [0.2, 0.25) is 0 Å². The molecule has 0 heterocycles. The summed E-state index contributed by atoms with van der Waals surface area (Å²) < 4.78 is 0. The number of aliphatic hydroxyl groups excluding tert-OH is 1. The van der Waals surface area contributed by atoms with Gasteiger partial charge < -0.3 is 25.5 Å². The summed E-state index contributed by atoms with van der Waals surface area (Å²) in [7, 11) is 0. The highest BCUT2D eigenvalue weighted by molar-refractivity contribution is 5.73. The number of hydrogen-bond donors (Lipinski definition) is 5. The van der Waals surface area contributed by atoms with Crippen molar-refractivity contribution in [2.75, 3.05) is 39.3 Å². The molecule has 0 fully saturated rings. The Kier molecular flexibility index (Phi) is 13.2. The lowest BCUT2D eigenvalue weighted by molar-refractivity contribution is -0.145. The zero-order valence-electron chi connectivity index (χ0n) is 13.6. The van der Waals surface area contributed by atoms with Crippen molar-refractivity contribution in [2.24, 2.45) is 0 Å². The van der Waals surface area contributed by atoms with Gasteiger partial charge in [-0.05, 0) is 13.8 Å². The van der Waals surface area contributed by atoms with Crippen LogP contribution in [0.3, 0.4) is 0 Å². The van der Waals surface area contributed by atoms with Gasteiger partial charge in [0, 0.05) is 19.2 Å². The van der Waals surface area contributed by atoms with Gasteiger partial charge in [-0.25, -0.2) is 0 Å². The quantitative estimate of drug-likeness (QED) is 0.287. The lowest BCUT2D eigenvalue weighted by Gasteiger charge is -2.23. The molecule has 0 saturated carbocycles. The van der Waals surface area contributed by atoms with Gasteiger partial charge in [-0.3, -0.25) is 29.0 Å². The molecule has 11 heteroatoms. The van der Waals surface area contributed by atoms with Gasteiger partial charge in [0.05, 0.1) is 26.2 Å². The molecule has 0 amide bonds. The normalized spacial score (nSPS) is 10.4. The molecule has 0 aliphatic rings. The number of hydrogen-bond acceptors (Lipinski definition) is 7. The molecular weight excluding hydrogens is 328 g/mol. The van der Waals surface area contributed by atoms with Crippen molar-refractivity contribution in [1.82, 2.24) is 9.80 Å². The number of aliphatic hydroxyl groups is 1. The maximum absolute atomic E-state index is 10.6. The summed E-state index contributed by atoms with van der Waals surface area (Å²) in [5.41, 5.74) is 0. The zero-order valence-corrected chi connectivity index (χ0v) is 13.6. The van der Waals surface area contributed by atoms with Crippen molar-refractivity contribution in [3.63, 3.8) is 0 Å². The molecule has 11 nitrogen and oxygen atoms in total. The second-order valence-corrected chi connectivity index (χ2v) is 5.09. The number of carbonyl (C=O) groups is 4. The third-order valence-corrected chi connectivity index (χ3v) is 2.17. The number of rotatable bonds is 11. The molecule has 0 aromatic carbocycles. The number of nitrogens with zero attached hydrogens (tertiary/aromatic N) is 2. The van der Waals surface area contributed by atoms with Crippen LogP contribution in [0.2, 0.25) is 0 Å². The average molecular weight is 352 g/mol. The van der Waals surface area contributed by atoms with Gasteiger partial charge in [0.15, 0.2) is 0 Å². The molecule has 0 radical (unpaired) electrons. The van der Waals surface area contributed by atoms with Gasteiger partial charge >= 0.3 is 23.9 Å². The fourth-order valence-electron chi connectivity index (χ4n) is 1.48. The summed E-state index contributed by atoms with van der Waals surface area (Å²) in [6, 6.07) is 0. The number of aliphatic carboxylic acids is 4. The van der Waals surface area contributed by atoms with E-state index in [4.69, 9.17) is 25.5 Å². The Hall–Kier alpha value is -2.24. The van der Waals surface area contributed by atoms with E-state index in [-0.39, 0.29) is 19.2 Å². The first kappa shape index (κ1) is 24.0. The van der Waals surface area contributed by atoms with Crippen molar-refractivity contribution >= 4 is 23.9 Å². The molecule has 140 valence electrons. The van der Waals surface area contributed by atoms with Crippen LogP contribution >= 0.6 is 0 Å². The molecular formula is C13H24N2O9. The minimum atomic E-state index is -1.23. The first-order valence-electron chi connectivity index (χ1n) is 6.94. The summed E-state index contributed by atoms with van der Waals surface area (Å²) in [6.07, 6.45) is -0.167. The Morgan fingerprint density at radius 1 is 0.667 bits per heavy atom. The molecule has 0 spiro atoms. The van der Waals surface area contributed by atoms with Gasteiger partial charge in [-0.2, -0.15) is 0 Å². The highest BCUT2D eigenvalue weighted by Crippen LogP contribution is 1.94. The van der Waals surface area contributed by atoms with Crippen molar-refractivity contribution in [3.8, 4) is 0 Å². The third-order valence-electron chi connectivity index (χ3n) is 2.17. The van der Waals surface area contributed by atoms with Crippen LogP contribution in [0.5, 0.6) is 0 Å². The predicted octanol–water partition coefficient (Wildman–Crippen LogP) is -1.68. The maximum atomic E-state index is 10.6. The average Bonchev–Trinajstić information content (AvgIpc) is 2.32. The van der Waals surface area contributed by atoms with Crippen molar-refractivity contribution in [3.05, 3.63) is 0 Å².